The molecule has 21 heavy (non-hydrogen) atoms. The van der Waals surface area contributed by atoms with Gasteiger partial charge in [-0.15, -0.1) is 0 Å². The largest absolute Gasteiger partial charge is 0.349 e. The summed E-state index contributed by atoms with van der Waals surface area (Å²) in [7, 11) is 0. The van der Waals surface area contributed by atoms with E-state index in [1.165, 1.54) is 0 Å². The maximum atomic E-state index is 11.6. The Labute approximate surface area is 122 Å². The molecule has 1 aromatic heterocycles. The summed E-state index contributed by atoms with van der Waals surface area (Å²) >= 11 is 0. The Hall–Kier alpha value is -2.25. The number of carbonyl (C=O) groups excluding carboxylic acids is 2. The number of ether oxygens (including phenoxy) is 2. The highest BCUT2D eigenvalue weighted by Crippen LogP contribution is 2.24. The maximum Gasteiger partial charge on any atom is 0.326 e. The lowest BCUT2D eigenvalue weighted by molar-refractivity contribution is -0.140. The Morgan fingerprint density at radius 1 is 1.24 bits per heavy atom. The van der Waals surface area contributed by atoms with E-state index in [4.69, 9.17) is 9.47 Å². The number of rotatable bonds is 6. The van der Waals surface area contributed by atoms with Crippen molar-refractivity contribution in [3.05, 3.63) is 35.3 Å². The highest BCUT2D eigenvalue weighted by molar-refractivity contribution is 6.14. The van der Waals surface area contributed by atoms with Crippen LogP contribution < -0.4 is 10.6 Å². The lowest BCUT2D eigenvalue weighted by atomic mass is 10.1. The van der Waals surface area contributed by atoms with Gasteiger partial charge in [0.25, 0.3) is 5.91 Å². The second-order valence-electron chi connectivity index (χ2n) is 4.21. The van der Waals surface area contributed by atoms with Crippen molar-refractivity contribution >= 4 is 18.0 Å². The molecule has 1 aliphatic rings. The lowest BCUT2D eigenvalue weighted by Crippen LogP contribution is -2.22. The van der Waals surface area contributed by atoms with Gasteiger partial charge in [0.15, 0.2) is 6.29 Å². The number of pyridine rings is 1. The Balaban J connectivity index is 2.34. The number of carbonyl (C=O) groups is 2. The summed E-state index contributed by atoms with van der Waals surface area (Å²) < 4.78 is 11.1. The van der Waals surface area contributed by atoms with Gasteiger partial charge >= 0.3 is 6.03 Å². The highest BCUT2D eigenvalue weighted by Gasteiger charge is 2.24. The molecule has 0 aliphatic carbocycles. The number of urea groups is 1. The fraction of sp³-hybridized carbons (Fsp3) is 0.357. The van der Waals surface area contributed by atoms with Crippen molar-refractivity contribution in [1.29, 1.82) is 0 Å². The molecule has 0 bridgehead atoms. The molecule has 0 saturated carbocycles. The van der Waals surface area contributed by atoms with Gasteiger partial charge in [-0.3, -0.25) is 15.1 Å². The normalized spacial score (nSPS) is 16.4. The average molecular weight is 291 g/mol. The summed E-state index contributed by atoms with van der Waals surface area (Å²) in [6.07, 6.45) is 4.21. The molecule has 2 N–H and O–H groups in total. The molecule has 2 heterocycles. The molecular formula is C14H17N3O4. The van der Waals surface area contributed by atoms with E-state index in [0.717, 1.165) is 5.56 Å². The molecule has 0 aromatic carbocycles. The molecule has 7 nitrogen and oxygen atoms in total. The van der Waals surface area contributed by atoms with Crippen LogP contribution in [-0.2, 0) is 14.3 Å². The van der Waals surface area contributed by atoms with E-state index in [1.807, 2.05) is 13.8 Å². The summed E-state index contributed by atoms with van der Waals surface area (Å²) in [6.45, 7) is 4.71. The Bertz CT molecular complexity index is 565. The number of hydrogen-bond acceptors (Lipinski definition) is 5. The minimum Gasteiger partial charge on any atom is -0.349 e. The average Bonchev–Trinajstić information content (AvgIpc) is 2.77. The zero-order chi connectivity index (χ0) is 15.2. The molecular weight excluding hydrogens is 274 g/mol. The molecule has 1 aromatic rings. The zero-order valence-electron chi connectivity index (χ0n) is 11.9. The van der Waals surface area contributed by atoms with E-state index < -0.39 is 18.2 Å². The van der Waals surface area contributed by atoms with Crippen LogP contribution in [-0.4, -0.2) is 30.1 Å². The van der Waals surface area contributed by atoms with Crippen molar-refractivity contribution in [2.75, 3.05) is 13.2 Å². The van der Waals surface area contributed by atoms with Gasteiger partial charge in [-0.25, -0.2) is 4.79 Å². The molecule has 2 rings (SSSR count). The highest BCUT2D eigenvalue weighted by atomic mass is 16.7. The number of nitrogens with one attached hydrogen (secondary N) is 2. The van der Waals surface area contributed by atoms with Crippen LogP contribution >= 0.6 is 0 Å². The first kappa shape index (κ1) is 15.1. The third-order valence-electron chi connectivity index (χ3n) is 2.80. The fourth-order valence-electron chi connectivity index (χ4n) is 1.92. The predicted octanol–water partition coefficient (Wildman–Crippen LogP) is 1.33. The van der Waals surface area contributed by atoms with Crippen LogP contribution in [0.15, 0.2) is 24.2 Å². The van der Waals surface area contributed by atoms with Gasteiger partial charge < -0.3 is 14.8 Å². The summed E-state index contributed by atoms with van der Waals surface area (Å²) in [4.78, 5) is 26.7. The minimum absolute atomic E-state index is 0.168. The monoisotopic (exact) mass is 291 g/mol. The number of amides is 3. The van der Waals surface area contributed by atoms with E-state index in [1.54, 1.807) is 24.5 Å². The van der Waals surface area contributed by atoms with Crippen molar-refractivity contribution in [1.82, 2.24) is 15.6 Å². The Morgan fingerprint density at radius 2 is 1.95 bits per heavy atom. The minimum atomic E-state index is -0.546. The van der Waals surface area contributed by atoms with Gasteiger partial charge in [-0.1, -0.05) is 0 Å². The lowest BCUT2D eigenvalue weighted by Gasteiger charge is -2.19. The van der Waals surface area contributed by atoms with Gasteiger partial charge in [-0.05, 0) is 26.0 Å². The van der Waals surface area contributed by atoms with Crippen LogP contribution in [0.1, 0.15) is 31.3 Å². The summed E-state index contributed by atoms with van der Waals surface area (Å²) in [5.41, 5.74) is 1.56. The van der Waals surface area contributed by atoms with Gasteiger partial charge in [0.05, 0.1) is 0 Å². The second kappa shape index (κ2) is 6.96. The standard InChI is InChI=1S/C14H17N3O4/c1-3-20-13(21-4-2)10-5-6-15-8-9(10)7-11-12(18)17-14(19)16-11/h5-8,13H,3-4H2,1-2H3,(H2,16,17,18,19)/b11-7-. The maximum absolute atomic E-state index is 11.6. The number of hydrogen-bond donors (Lipinski definition) is 2. The van der Waals surface area contributed by atoms with Crippen LogP contribution in [0.25, 0.3) is 6.08 Å². The molecule has 3 amide bonds. The molecule has 1 fully saturated rings. The summed E-state index contributed by atoms with van der Waals surface area (Å²) in [6, 6.07) is 1.22. The van der Waals surface area contributed by atoms with Crippen molar-refractivity contribution in [2.45, 2.75) is 20.1 Å². The Morgan fingerprint density at radius 3 is 2.52 bits per heavy atom. The van der Waals surface area contributed by atoms with Crippen molar-refractivity contribution < 1.29 is 19.1 Å². The number of imide groups is 1. The van der Waals surface area contributed by atoms with Crippen molar-refractivity contribution in [2.24, 2.45) is 0 Å². The fourth-order valence-corrected chi connectivity index (χ4v) is 1.92. The van der Waals surface area contributed by atoms with Crippen molar-refractivity contribution in [3.8, 4) is 0 Å². The van der Waals surface area contributed by atoms with E-state index >= 15 is 0 Å². The van der Waals surface area contributed by atoms with Crippen LogP contribution in [0.3, 0.4) is 0 Å². The number of nitrogens with zero attached hydrogens (tertiary/aromatic N) is 1. The van der Waals surface area contributed by atoms with E-state index in [0.29, 0.717) is 18.8 Å². The first-order valence-electron chi connectivity index (χ1n) is 6.66. The second-order valence-corrected chi connectivity index (χ2v) is 4.21. The predicted molar refractivity (Wildman–Crippen MR) is 74.9 cm³/mol. The molecule has 0 spiro atoms. The molecule has 0 radical (unpaired) electrons. The van der Waals surface area contributed by atoms with E-state index in [9.17, 15) is 9.59 Å². The van der Waals surface area contributed by atoms with E-state index in [2.05, 4.69) is 15.6 Å². The van der Waals surface area contributed by atoms with Gasteiger partial charge in [0.1, 0.15) is 5.70 Å². The first-order chi connectivity index (χ1) is 10.2. The molecule has 0 unspecified atom stereocenters. The zero-order valence-corrected chi connectivity index (χ0v) is 11.9. The molecule has 1 saturated heterocycles. The summed E-state index contributed by atoms with van der Waals surface area (Å²) in [5.74, 6) is -0.473. The number of aromatic nitrogens is 1. The van der Waals surface area contributed by atoms with Gasteiger partial charge in [-0.2, -0.15) is 0 Å². The van der Waals surface area contributed by atoms with Crippen LogP contribution in [0.4, 0.5) is 4.79 Å². The SMILES string of the molecule is CCOC(OCC)c1ccncc1/C=C1\NC(=O)NC1=O. The van der Waals surface area contributed by atoms with Crippen LogP contribution in [0.5, 0.6) is 0 Å². The molecule has 112 valence electrons. The molecule has 0 atom stereocenters. The molecule has 1 aliphatic heterocycles. The van der Waals surface area contributed by atoms with Gasteiger partial charge in [0, 0.05) is 36.7 Å². The summed E-state index contributed by atoms with van der Waals surface area (Å²) in [5, 5.41) is 4.58. The topological polar surface area (TPSA) is 89.6 Å². The third-order valence-corrected chi connectivity index (χ3v) is 2.80. The van der Waals surface area contributed by atoms with Gasteiger partial charge in [0.2, 0.25) is 0 Å². The quantitative estimate of drug-likeness (QED) is 0.469. The van der Waals surface area contributed by atoms with Crippen molar-refractivity contribution in [3.63, 3.8) is 0 Å². The smallest absolute Gasteiger partial charge is 0.326 e. The first-order valence-corrected chi connectivity index (χ1v) is 6.66. The molecule has 7 heteroatoms. The van der Waals surface area contributed by atoms with Crippen LogP contribution in [0.2, 0.25) is 0 Å². The third kappa shape index (κ3) is 3.65. The van der Waals surface area contributed by atoms with E-state index in [-0.39, 0.29) is 5.70 Å². The Kier molecular flexibility index (Phi) is 5.02. The van der Waals surface area contributed by atoms with Crippen LogP contribution in [0, 0.1) is 0 Å².